The van der Waals surface area contributed by atoms with E-state index >= 15 is 0 Å². The van der Waals surface area contributed by atoms with Crippen LogP contribution < -0.4 is 0 Å². The number of hydrogen-bond acceptors (Lipinski definition) is 3. The van der Waals surface area contributed by atoms with Crippen LogP contribution in [0.15, 0.2) is 24.3 Å². The Morgan fingerprint density at radius 3 is 2.31 bits per heavy atom. The quantitative estimate of drug-likeness (QED) is 0.261. The number of nitrogens with zero attached hydrogens (tertiary/aromatic N) is 1. The number of carboxylic acids is 1. The molecular formula is C7H6BrNO4. The minimum absolute atomic E-state index is 0.544. The molecule has 5 nitrogen and oxygen atoms in total. The van der Waals surface area contributed by atoms with Gasteiger partial charge in [-0.15, -0.1) is 0 Å². The Balaban J connectivity index is 2.85. The van der Waals surface area contributed by atoms with Crippen molar-refractivity contribution < 1.29 is 14.8 Å². The highest BCUT2D eigenvalue weighted by molar-refractivity contribution is 9.10. The van der Waals surface area contributed by atoms with E-state index in [-0.39, 0.29) is 0 Å². The summed E-state index contributed by atoms with van der Waals surface area (Å²) in [6.07, 6.45) is 4.98. The molecule has 0 aromatic heterocycles. The standard InChI is InChI=1S/C7H6BrNO4/c8-7(9(12)13)3-1-5(2-4-7)6(10)11/h1-5H,(H,10,11). The van der Waals surface area contributed by atoms with Crippen molar-refractivity contribution in [2.45, 2.75) is 4.45 Å². The van der Waals surface area contributed by atoms with Crippen LogP contribution in [0.2, 0.25) is 0 Å². The molecule has 0 atom stereocenters. The van der Waals surface area contributed by atoms with Crippen molar-refractivity contribution in [3.8, 4) is 0 Å². The van der Waals surface area contributed by atoms with Gasteiger partial charge in [0.05, 0.1) is 5.92 Å². The van der Waals surface area contributed by atoms with Gasteiger partial charge in [-0.2, -0.15) is 0 Å². The van der Waals surface area contributed by atoms with Crippen molar-refractivity contribution >= 4 is 21.9 Å². The molecule has 6 heteroatoms. The fourth-order valence-corrected chi connectivity index (χ4v) is 1.19. The highest BCUT2D eigenvalue weighted by Gasteiger charge is 2.36. The molecule has 0 radical (unpaired) electrons. The molecule has 1 rings (SSSR count). The molecule has 0 amide bonds. The average molecular weight is 248 g/mol. The first kappa shape index (κ1) is 9.91. The number of rotatable bonds is 2. The molecule has 0 aliphatic heterocycles. The van der Waals surface area contributed by atoms with Crippen LogP contribution in [-0.2, 0) is 4.79 Å². The van der Waals surface area contributed by atoms with E-state index in [2.05, 4.69) is 15.9 Å². The molecule has 0 spiro atoms. The highest BCUT2D eigenvalue weighted by atomic mass is 79.9. The van der Waals surface area contributed by atoms with Crippen molar-refractivity contribution in [1.29, 1.82) is 0 Å². The van der Waals surface area contributed by atoms with Gasteiger partial charge in [0.25, 0.3) is 0 Å². The Morgan fingerprint density at radius 1 is 1.54 bits per heavy atom. The molecule has 70 valence electrons. The first-order valence-corrected chi connectivity index (χ1v) is 4.20. The fourth-order valence-electron chi connectivity index (χ4n) is 0.883. The van der Waals surface area contributed by atoms with Crippen LogP contribution in [0.1, 0.15) is 0 Å². The van der Waals surface area contributed by atoms with Crippen molar-refractivity contribution in [3.63, 3.8) is 0 Å². The van der Waals surface area contributed by atoms with Crippen LogP contribution in [0.4, 0.5) is 0 Å². The average Bonchev–Trinajstić information content (AvgIpc) is 2.04. The van der Waals surface area contributed by atoms with Crippen LogP contribution in [-0.4, -0.2) is 20.4 Å². The summed E-state index contributed by atoms with van der Waals surface area (Å²) in [6, 6.07) is 0. The lowest BCUT2D eigenvalue weighted by Crippen LogP contribution is -2.29. The van der Waals surface area contributed by atoms with E-state index < -0.39 is 21.3 Å². The van der Waals surface area contributed by atoms with Gasteiger partial charge in [0, 0.05) is 33.0 Å². The molecule has 0 bridgehead atoms. The predicted octanol–water partition coefficient (Wildman–Crippen LogP) is 1.18. The zero-order valence-corrected chi connectivity index (χ0v) is 7.97. The third-order valence-corrected chi connectivity index (χ3v) is 2.46. The van der Waals surface area contributed by atoms with Gasteiger partial charge in [-0.25, -0.2) is 0 Å². The van der Waals surface area contributed by atoms with Crippen LogP contribution in [0, 0.1) is 16.0 Å². The van der Waals surface area contributed by atoms with Crippen molar-refractivity contribution in [2.75, 3.05) is 0 Å². The maximum atomic E-state index is 10.5. The van der Waals surface area contributed by atoms with E-state index in [1.165, 1.54) is 24.3 Å². The van der Waals surface area contributed by atoms with E-state index in [0.29, 0.717) is 0 Å². The summed E-state index contributed by atoms with van der Waals surface area (Å²) in [7, 11) is 0. The first-order chi connectivity index (χ1) is 5.96. The monoisotopic (exact) mass is 247 g/mol. The molecule has 13 heavy (non-hydrogen) atoms. The van der Waals surface area contributed by atoms with Gasteiger partial charge in [-0.05, 0) is 0 Å². The lowest BCUT2D eigenvalue weighted by atomic mass is 10.0. The maximum Gasteiger partial charge on any atom is 0.314 e. The largest absolute Gasteiger partial charge is 0.481 e. The summed E-state index contributed by atoms with van der Waals surface area (Å²) in [5.41, 5.74) is 0. The second kappa shape index (κ2) is 3.29. The number of halogens is 1. The predicted molar refractivity (Wildman–Crippen MR) is 48.1 cm³/mol. The minimum atomic E-state index is -1.45. The third kappa shape index (κ3) is 1.95. The van der Waals surface area contributed by atoms with Gasteiger partial charge in [-0.1, -0.05) is 12.2 Å². The van der Waals surface area contributed by atoms with E-state index in [1.54, 1.807) is 0 Å². The smallest absolute Gasteiger partial charge is 0.314 e. The van der Waals surface area contributed by atoms with Crippen LogP contribution in [0.3, 0.4) is 0 Å². The Bertz CT molecular complexity index is 296. The zero-order valence-electron chi connectivity index (χ0n) is 6.38. The molecule has 0 aromatic rings. The summed E-state index contributed by atoms with van der Waals surface area (Å²) in [5, 5.41) is 19.0. The van der Waals surface area contributed by atoms with Crippen LogP contribution in [0.25, 0.3) is 0 Å². The number of carbonyl (C=O) groups is 1. The van der Waals surface area contributed by atoms with Gasteiger partial charge in [0.2, 0.25) is 0 Å². The van der Waals surface area contributed by atoms with Gasteiger partial charge >= 0.3 is 10.4 Å². The second-order valence-electron chi connectivity index (χ2n) is 2.57. The molecule has 1 N–H and O–H groups in total. The van der Waals surface area contributed by atoms with E-state index in [9.17, 15) is 14.9 Å². The van der Waals surface area contributed by atoms with Crippen LogP contribution >= 0.6 is 15.9 Å². The number of alkyl halides is 1. The minimum Gasteiger partial charge on any atom is -0.481 e. The second-order valence-corrected chi connectivity index (χ2v) is 3.84. The first-order valence-electron chi connectivity index (χ1n) is 3.40. The van der Waals surface area contributed by atoms with E-state index in [1.807, 2.05) is 0 Å². The molecule has 1 aliphatic carbocycles. The number of aliphatic carboxylic acids is 1. The molecule has 0 unspecified atom stereocenters. The SMILES string of the molecule is O=C(O)C1C=CC(Br)([N+](=O)[O-])C=C1. The lowest BCUT2D eigenvalue weighted by molar-refractivity contribution is -0.508. The summed E-state index contributed by atoms with van der Waals surface area (Å²) in [5.74, 6) is -1.80. The Labute approximate surface area is 82.0 Å². The summed E-state index contributed by atoms with van der Waals surface area (Å²) >= 11 is 2.87. The molecule has 0 aromatic carbocycles. The molecule has 0 heterocycles. The molecule has 0 saturated heterocycles. The van der Waals surface area contributed by atoms with Crippen molar-refractivity contribution in [2.24, 2.45) is 5.92 Å². The number of carboxylic acid groups (broad SMARTS) is 1. The van der Waals surface area contributed by atoms with Gasteiger partial charge < -0.3 is 5.11 Å². The fraction of sp³-hybridized carbons (Fsp3) is 0.286. The Kier molecular flexibility index (Phi) is 2.51. The summed E-state index contributed by atoms with van der Waals surface area (Å²) < 4.78 is -1.45. The van der Waals surface area contributed by atoms with E-state index in [4.69, 9.17) is 5.11 Å². The molecule has 0 saturated carbocycles. The van der Waals surface area contributed by atoms with E-state index in [0.717, 1.165) is 0 Å². The molecule has 1 aliphatic rings. The summed E-state index contributed by atoms with van der Waals surface area (Å²) in [6.45, 7) is 0. The maximum absolute atomic E-state index is 10.5. The molecular weight excluding hydrogens is 242 g/mol. The molecule has 0 fully saturated rings. The van der Waals surface area contributed by atoms with Crippen molar-refractivity contribution in [3.05, 3.63) is 34.4 Å². The van der Waals surface area contributed by atoms with Crippen LogP contribution in [0.5, 0.6) is 0 Å². The van der Waals surface area contributed by atoms with Gasteiger partial charge in [-0.3, -0.25) is 14.9 Å². The summed E-state index contributed by atoms with van der Waals surface area (Å²) in [4.78, 5) is 20.4. The number of hydrogen-bond donors (Lipinski definition) is 1. The topological polar surface area (TPSA) is 80.4 Å². The lowest BCUT2D eigenvalue weighted by Gasteiger charge is -2.15. The normalized spacial score (nSPS) is 31.6. The Morgan fingerprint density at radius 2 is 2.00 bits per heavy atom. The third-order valence-electron chi connectivity index (χ3n) is 1.64. The van der Waals surface area contributed by atoms with Gasteiger partial charge in [0.15, 0.2) is 0 Å². The van der Waals surface area contributed by atoms with Gasteiger partial charge in [0.1, 0.15) is 0 Å². The van der Waals surface area contributed by atoms with Crippen molar-refractivity contribution in [1.82, 2.24) is 0 Å². The Hall–Kier alpha value is -1.17. The zero-order chi connectivity index (χ0) is 10.1. The number of nitro groups is 1. The highest BCUT2D eigenvalue weighted by Crippen LogP contribution is 2.27.